The third-order valence-corrected chi connectivity index (χ3v) is 3.25. The molecule has 0 heterocycles. The SMILES string of the molecule is CCc1ccc(NC(=O)Nc2cccc(C(C)O)c2)cc1. The van der Waals surface area contributed by atoms with E-state index in [1.54, 1.807) is 25.1 Å². The van der Waals surface area contributed by atoms with Crippen LogP contribution in [0.25, 0.3) is 0 Å². The van der Waals surface area contributed by atoms with Crippen LogP contribution >= 0.6 is 0 Å². The Morgan fingerprint density at radius 1 is 1.10 bits per heavy atom. The van der Waals surface area contributed by atoms with Crippen molar-refractivity contribution in [2.45, 2.75) is 26.4 Å². The number of hydrogen-bond donors (Lipinski definition) is 3. The summed E-state index contributed by atoms with van der Waals surface area (Å²) in [4.78, 5) is 11.9. The lowest BCUT2D eigenvalue weighted by atomic mass is 10.1. The molecule has 110 valence electrons. The van der Waals surface area contributed by atoms with Gasteiger partial charge in [0.15, 0.2) is 0 Å². The normalized spacial score (nSPS) is 11.8. The Bertz CT molecular complexity index is 606. The van der Waals surface area contributed by atoms with Crippen LogP contribution in [0.15, 0.2) is 48.5 Å². The van der Waals surface area contributed by atoms with Crippen molar-refractivity contribution in [2.24, 2.45) is 0 Å². The number of urea groups is 1. The second-order valence-electron chi connectivity index (χ2n) is 4.93. The summed E-state index contributed by atoms with van der Waals surface area (Å²) in [5.74, 6) is 0. The maximum Gasteiger partial charge on any atom is 0.323 e. The molecule has 4 nitrogen and oxygen atoms in total. The molecule has 4 heteroatoms. The second kappa shape index (κ2) is 6.90. The number of hydrogen-bond acceptors (Lipinski definition) is 2. The van der Waals surface area contributed by atoms with E-state index in [-0.39, 0.29) is 6.03 Å². The summed E-state index contributed by atoms with van der Waals surface area (Å²) >= 11 is 0. The minimum atomic E-state index is -0.559. The molecule has 0 fully saturated rings. The minimum absolute atomic E-state index is 0.304. The Morgan fingerprint density at radius 2 is 1.76 bits per heavy atom. The molecule has 0 aliphatic heterocycles. The minimum Gasteiger partial charge on any atom is -0.389 e. The average Bonchev–Trinajstić information content (AvgIpc) is 2.48. The van der Waals surface area contributed by atoms with Gasteiger partial charge in [-0.2, -0.15) is 0 Å². The van der Waals surface area contributed by atoms with Crippen LogP contribution in [0.5, 0.6) is 0 Å². The van der Waals surface area contributed by atoms with Gasteiger partial charge in [-0.25, -0.2) is 4.79 Å². The average molecular weight is 284 g/mol. The summed E-state index contributed by atoms with van der Waals surface area (Å²) in [5.41, 5.74) is 3.39. The highest BCUT2D eigenvalue weighted by Crippen LogP contribution is 2.17. The number of rotatable bonds is 4. The fraction of sp³-hybridized carbons (Fsp3) is 0.235. The van der Waals surface area contributed by atoms with Crippen LogP contribution in [-0.4, -0.2) is 11.1 Å². The van der Waals surface area contributed by atoms with Crippen LogP contribution in [0.3, 0.4) is 0 Å². The number of amides is 2. The number of anilines is 2. The molecule has 0 spiro atoms. The van der Waals surface area contributed by atoms with Gasteiger partial charge in [0.25, 0.3) is 0 Å². The van der Waals surface area contributed by atoms with E-state index >= 15 is 0 Å². The van der Waals surface area contributed by atoms with Gasteiger partial charge in [0.2, 0.25) is 0 Å². The highest BCUT2D eigenvalue weighted by Gasteiger charge is 2.05. The first-order valence-corrected chi connectivity index (χ1v) is 7.03. The van der Waals surface area contributed by atoms with Crippen LogP contribution in [-0.2, 0) is 6.42 Å². The number of aryl methyl sites for hydroxylation is 1. The van der Waals surface area contributed by atoms with Crippen molar-refractivity contribution in [3.8, 4) is 0 Å². The van der Waals surface area contributed by atoms with Gasteiger partial charge < -0.3 is 15.7 Å². The zero-order chi connectivity index (χ0) is 15.2. The van der Waals surface area contributed by atoms with E-state index in [1.165, 1.54) is 5.56 Å². The summed E-state index contributed by atoms with van der Waals surface area (Å²) in [5, 5.41) is 15.1. The first-order chi connectivity index (χ1) is 10.1. The number of nitrogens with one attached hydrogen (secondary N) is 2. The molecule has 2 amide bonds. The summed E-state index contributed by atoms with van der Waals surface area (Å²) in [6.07, 6.45) is 0.412. The van der Waals surface area contributed by atoms with Gasteiger partial charge in [-0.05, 0) is 48.7 Å². The van der Waals surface area contributed by atoms with Crippen molar-refractivity contribution >= 4 is 17.4 Å². The maximum absolute atomic E-state index is 11.9. The smallest absolute Gasteiger partial charge is 0.323 e. The summed E-state index contributed by atoms with van der Waals surface area (Å²) < 4.78 is 0. The Kier molecular flexibility index (Phi) is 4.95. The van der Waals surface area contributed by atoms with Crippen molar-refractivity contribution in [3.63, 3.8) is 0 Å². The molecule has 0 aliphatic carbocycles. The van der Waals surface area contributed by atoms with E-state index < -0.39 is 6.10 Å². The number of carbonyl (C=O) groups excluding carboxylic acids is 1. The molecular formula is C17H20N2O2. The topological polar surface area (TPSA) is 61.4 Å². The van der Waals surface area contributed by atoms with Gasteiger partial charge in [0, 0.05) is 11.4 Å². The summed E-state index contributed by atoms with van der Waals surface area (Å²) in [6.45, 7) is 3.78. The standard InChI is InChI=1S/C17H20N2O2/c1-3-13-7-9-15(10-8-13)18-17(21)19-16-6-4-5-14(11-16)12(2)20/h4-12,20H,3H2,1-2H3,(H2,18,19,21). The predicted octanol–water partition coefficient (Wildman–Crippen LogP) is 3.95. The Morgan fingerprint density at radius 3 is 2.38 bits per heavy atom. The second-order valence-corrected chi connectivity index (χ2v) is 4.93. The molecule has 21 heavy (non-hydrogen) atoms. The third-order valence-electron chi connectivity index (χ3n) is 3.25. The lowest BCUT2D eigenvalue weighted by molar-refractivity contribution is 0.199. The lowest BCUT2D eigenvalue weighted by Crippen LogP contribution is -2.19. The van der Waals surface area contributed by atoms with Crippen molar-refractivity contribution in [2.75, 3.05) is 10.6 Å². The number of benzene rings is 2. The van der Waals surface area contributed by atoms with E-state index in [1.807, 2.05) is 30.3 Å². The molecule has 0 aliphatic rings. The molecule has 0 saturated carbocycles. The largest absolute Gasteiger partial charge is 0.389 e. The van der Waals surface area contributed by atoms with Gasteiger partial charge in [0.1, 0.15) is 0 Å². The lowest BCUT2D eigenvalue weighted by Gasteiger charge is -2.10. The van der Waals surface area contributed by atoms with Crippen molar-refractivity contribution in [1.82, 2.24) is 0 Å². The van der Waals surface area contributed by atoms with Gasteiger partial charge in [-0.3, -0.25) is 0 Å². The third kappa shape index (κ3) is 4.33. The molecule has 1 atom stereocenters. The van der Waals surface area contributed by atoms with E-state index in [4.69, 9.17) is 0 Å². The number of aliphatic hydroxyl groups excluding tert-OH is 1. The molecule has 2 aromatic carbocycles. The molecule has 2 rings (SSSR count). The van der Waals surface area contributed by atoms with E-state index in [0.717, 1.165) is 17.7 Å². The summed E-state index contributed by atoms with van der Waals surface area (Å²) in [7, 11) is 0. The van der Waals surface area contributed by atoms with Crippen molar-refractivity contribution in [3.05, 3.63) is 59.7 Å². The number of carbonyl (C=O) groups is 1. The van der Waals surface area contributed by atoms with Crippen LogP contribution in [0, 0.1) is 0 Å². The first-order valence-electron chi connectivity index (χ1n) is 7.03. The fourth-order valence-electron chi connectivity index (χ4n) is 1.99. The van der Waals surface area contributed by atoms with Crippen LogP contribution in [0.4, 0.5) is 16.2 Å². The van der Waals surface area contributed by atoms with E-state index in [0.29, 0.717) is 5.69 Å². The highest BCUT2D eigenvalue weighted by molar-refractivity contribution is 5.99. The molecule has 0 bridgehead atoms. The summed E-state index contributed by atoms with van der Waals surface area (Å²) in [6, 6.07) is 14.6. The quantitative estimate of drug-likeness (QED) is 0.796. The Hall–Kier alpha value is -2.33. The molecule has 1 unspecified atom stereocenters. The fourth-order valence-corrected chi connectivity index (χ4v) is 1.99. The maximum atomic E-state index is 11.9. The number of aliphatic hydroxyl groups is 1. The van der Waals surface area contributed by atoms with Crippen LogP contribution < -0.4 is 10.6 Å². The Labute approximate surface area is 124 Å². The van der Waals surface area contributed by atoms with Gasteiger partial charge in [0.05, 0.1) is 6.10 Å². The van der Waals surface area contributed by atoms with Crippen molar-refractivity contribution < 1.29 is 9.90 Å². The van der Waals surface area contributed by atoms with E-state index in [9.17, 15) is 9.90 Å². The molecule has 3 N–H and O–H groups in total. The van der Waals surface area contributed by atoms with Crippen molar-refractivity contribution in [1.29, 1.82) is 0 Å². The molecular weight excluding hydrogens is 264 g/mol. The monoisotopic (exact) mass is 284 g/mol. The molecule has 0 aromatic heterocycles. The zero-order valence-electron chi connectivity index (χ0n) is 12.3. The molecule has 2 aromatic rings. The predicted molar refractivity (Wildman–Crippen MR) is 85.5 cm³/mol. The van der Waals surface area contributed by atoms with Gasteiger partial charge >= 0.3 is 6.03 Å². The highest BCUT2D eigenvalue weighted by atomic mass is 16.3. The first kappa shape index (κ1) is 15.1. The van der Waals surface area contributed by atoms with Crippen LogP contribution in [0.2, 0.25) is 0 Å². The van der Waals surface area contributed by atoms with Gasteiger partial charge in [-0.1, -0.05) is 31.2 Å². The molecule has 0 saturated heterocycles. The Balaban J connectivity index is 1.99. The molecule has 0 radical (unpaired) electrons. The van der Waals surface area contributed by atoms with Crippen LogP contribution in [0.1, 0.15) is 31.1 Å². The van der Waals surface area contributed by atoms with E-state index in [2.05, 4.69) is 17.6 Å². The zero-order valence-corrected chi connectivity index (χ0v) is 12.3. The van der Waals surface area contributed by atoms with Gasteiger partial charge in [-0.15, -0.1) is 0 Å².